The van der Waals surface area contributed by atoms with Gasteiger partial charge in [0.05, 0.1) is 16.8 Å². The molecule has 1 atom stereocenters. The molecular weight excluding hydrogens is 405 g/mol. The van der Waals surface area contributed by atoms with Crippen LogP contribution in [0, 0.1) is 5.82 Å². The van der Waals surface area contributed by atoms with E-state index in [4.69, 9.17) is 14.6 Å². The first kappa shape index (κ1) is 16.5. The number of benzene rings is 2. The van der Waals surface area contributed by atoms with E-state index in [1.54, 1.807) is 0 Å². The number of carbonyl (C=O) groups is 2. The Bertz CT molecular complexity index is 1210. The smallest absolute Gasteiger partial charge is 0.337 e. The van der Waals surface area contributed by atoms with E-state index in [1.165, 1.54) is 31.4 Å². The van der Waals surface area contributed by atoms with Crippen LogP contribution in [0.25, 0.3) is 0 Å². The van der Waals surface area contributed by atoms with Crippen LogP contribution in [0.2, 0.25) is 0 Å². The third-order valence-electron chi connectivity index (χ3n) is 3.70. The highest BCUT2D eigenvalue weighted by Crippen LogP contribution is 2.32. The van der Waals surface area contributed by atoms with Crippen molar-refractivity contribution in [1.29, 1.82) is 0 Å². The highest BCUT2D eigenvalue weighted by atomic mass is 32.2. The summed E-state index contributed by atoms with van der Waals surface area (Å²) in [7, 11) is -4.03. The van der Waals surface area contributed by atoms with Gasteiger partial charge in [-0.25, -0.2) is 9.18 Å². The van der Waals surface area contributed by atoms with E-state index in [0.717, 1.165) is 24.3 Å². The molecule has 0 aromatic heterocycles. The van der Waals surface area contributed by atoms with Crippen LogP contribution >= 0.6 is 0 Å². The number of esters is 1. The molecule has 0 spiro atoms. The summed E-state index contributed by atoms with van der Waals surface area (Å²) in [6.07, 6.45) is -2.54. The number of hydrogen-bond acceptors (Lipinski definition) is 8. The normalized spacial score (nSPS) is 21.0. The van der Waals surface area contributed by atoms with Gasteiger partial charge in [-0.15, -0.1) is 0 Å². The Morgan fingerprint density at radius 1 is 1.24 bits per heavy atom. The van der Waals surface area contributed by atoms with Crippen molar-refractivity contribution in [3.8, 4) is 0 Å². The first-order valence-electron chi connectivity index (χ1n) is 9.46. The third kappa shape index (κ3) is 4.54. The maximum absolute atomic E-state index is 13.1. The molecule has 1 aliphatic heterocycles. The van der Waals surface area contributed by atoms with E-state index in [0.29, 0.717) is 0 Å². The van der Waals surface area contributed by atoms with Crippen LogP contribution in [0.5, 0.6) is 0 Å². The standard InChI is InChI=1S/C19H16FNO7S/c1-26-19(23)13-6-4-12(5-7-13)16-15(22)17(18(21)27-16)28-29(24,25)10-11-2-8-14(20)9-3-11/h2-9,16H,10,21H2,1H3/t16-/m0/s1/i10D2,16D. The second-order valence-corrected chi connectivity index (χ2v) is 6.95. The molecule has 152 valence electrons. The lowest BCUT2D eigenvalue weighted by atomic mass is 10.0. The molecule has 0 amide bonds. The fourth-order valence-electron chi connectivity index (χ4n) is 2.35. The number of ketones is 1. The lowest BCUT2D eigenvalue weighted by Gasteiger charge is -2.10. The van der Waals surface area contributed by atoms with Gasteiger partial charge in [0.1, 0.15) is 11.5 Å². The van der Waals surface area contributed by atoms with Crippen molar-refractivity contribution in [2.24, 2.45) is 5.73 Å². The maximum atomic E-state index is 13.1. The average molecular weight is 424 g/mol. The third-order valence-corrected chi connectivity index (χ3v) is 4.57. The summed E-state index contributed by atoms with van der Waals surface area (Å²) < 4.78 is 76.7. The molecule has 1 aliphatic rings. The number of methoxy groups -OCH3 is 1. The first-order valence-corrected chi connectivity index (χ1v) is 9.37. The van der Waals surface area contributed by atoms with Crippen LogP contribution in [0.1, 0.15) is 31.7 Å². The summed E-state index contributed by atoms with van der Waals surface area (Å²) in [5.74, 6) is -4.61. The van der Waals surface area contributed by atoms with Gasteiger partial charge in [-0.3, -0.25) is 4.79 Å². The van der Waals surface area contributed by atoms with Gasteiger partial charge >= 0.3 is 16.1 Å². The minimum atomic E-state index is -5.20. The van der Waals surface area contributed by atoms with Crippen molar-refractivity contribution in [2.75, 3.05) is 7.11 Å². The Morgan fingerprint density at radius 3 is 2.45 bits per heavy atom. The number of halogens is 1. The molecule has 0 aliphatic carbocycles. The molecule has 1 heterocycles. The van der Waals surface area contributed by atoms with Crippen LogP contribution in [0.3, 0.4) is 0 Å². The molecule has 0 bridgehead atoms. The summed E-state index contributed by atoms with van der Waals surface area (Å²) in [4.78, 5) is 24.3. The number of carbonyl (C=O) groups excluding carboxylic acids is 2. The Hall–Kier alpha value is -3.40. The Balaban J connectivity index is 1.89. The minimum Gasteiger partial charge on any atom is -0.465 e. The van der Waals surface area contributed by atoms with Gasteiger partial charge in [0.15, 0.2) is 6.08 Å². The summed E-state index contributed by atoms with van der Waals surface area (Å²) in [6, 6.07) is 8.44. The lowest BCUT2D eigenvalue weighted by molar-refractivity contribution is -0.123. The average Bonchev–Trinajstić information content (AvgIpc) is 2.97. The van der Waals surface area contributed by atoms with Crippen molar-refractivity contribution < 1.29 is 40.2 Å². The molecule has 2 aromatic carbocycles. The van der Waals surface area contributed by atoms with Crippen LogP contribution in [-0.2, 0) is 34.3 Å². The van der Waals surface area contributed by atoms with Gasteiger partial charge in [0.25, 0.3) is 0 Å². The van der Waals surface area contributed by atoms with E-state index >= 15 is 0 Å². The lowest BCUT2D eigenvalue weighted by Crippen LogP contribution is -2.16. The Labute approximate surface area is 170 Å². The van der Waals surface area contributed by atoms with E-state index < -0.39 is 56.7 Å². The molecule has 3 rings (SSSR count). The van der Waals surface area contributed by atoms with Gasteiger partial charge in [0.2, 0.25) is 17.4 Å². The Morgan fingerprint density at radius 2 is 1.86 bits per heavy atom. The molecule has 0 unspecified atom stereocenters. The van der Waals surface area contributed by atoms with Crippen LogP contribution in [0.15, 0.2) is 60.2 Å². The zero-order valence-corrected chi connectivity index (χ0v) is 15.7. The van der Waals surface area contributed by atoms with Crippen LogP contribution in [0.4, 0.5) is 4.39 Å². The number of hydrogen-bond donors (Lipinski definition) is 1. The van der Waals surface area contributed by atoms with Crippen molar-refractivity contribution in [3.63, 3.8) is 0 Å². The predicted molar refractivity (Wildman–Crippen MR) is 97.9 cm³/mol. The monoisotopic (exact) mass is 424 g/mol. The predicted octanol–water partition coefficient (Wildman–Crippen LogP) is 1.93. The van der Waals surface area contributed by atoms with Crippen molar-refractivity contribution in [3.05, 3.63) is 82.7 Å². The first-order chi connectivity index (χ1) is 14.8. The zero-order valence-electron chi connectivity index (χ0n) is 17.8. The van der Waals surface area contributed by atoms with E-state index in [1.807, 2.05) is 0 Å². The SMILES string of the molecule is [2H]C([2H])(c1ccc(F)cc1)S(=O)(=O)OC1=C(N)O[C@@]([2H])(c2ccc(C(=O)OC)cc2)C1=O. The summed E-state index contributed by atoms with van der Waals surface area (Å²) in [6.45, 7) is 0. The van der Waals surface area contributed by atoms with E-state index in [-0.39, 0.29) is 11.1 Å². The van der Waals surface area contributed by atoms with Crippen LogP contribution < -0.4 is 5.73 Å². The Kier molecular flexibility index (Phi) is 4.52. The molecular formula is C19H16FNO7S. The minimum absolute atomic E-state index is 0.101. The molecule has 0 saturated carbocycles. The van der Waals surface area contributed by atoms with Crippen molar-refractivity contribution >= 4 is 21.9 Å². The zero-order chi connectivity index (χ0) is 23.9. The molecule has 0 saturated heterocycles. The van der Waals surface area contributed by atoms with E-state index in [2.05, 4.69) is 8.92 Å². The van der Waals surface area contributed by atoms with Gasteiger partial charge in [-0.05, 0) is 29.8 Å². The summed E-state index contributed by atoms with van der Waals surface area (Å²) in [5, 5.41) is 0. The highest BCUT2D eigenvalue weighted by Gasteiger charge is 2.39. The number of ether oxygens (including phenoxy) is 2. The highest BCUT2D eigenvalue weighted by molar-refractivity contribution is 7.86. The van der Waals surface area contributed by atoms with Crippen molar-refractivity contribution in [2.45, 2.75) is 11.8 Å². The fourth-order valence-corrected chi connectivity index (χ4v) is 3.20. The van der Waals surface area contributed by atoms with E-state index in [9.17, 15) is 22.4 Å². The fraction of sp³-hybridized carbons (Fsp3) is 0.158. The molecule has 10 heteroatoms. The summed E-state index contributed by atoms with van der Waals surface area (Å²) >= 11 is 0. The molecule has 29 heavy (non-hydrogen) atoms. The largest absolute Gasteiger partial charge is 0.465 e. The maximum Gasteiger partial charge on any atom is 0.337 e. The van der Waals surface area contributed by atoms with Gasteiger partial charge < -0.3 is 19.4 Å². The van der Waals surface area contributed by atoms with Crippen LogP contribution in [-0.4, -0.2) is 27.3 Å². The quantitative estimate of drug-likeness (QED) is 0.551. The van der Waals surface area contributed by atoms with Gasteiger partial charge in [-0.2, -0.15) is 8.42 Å². The summed E-state index contributed by atoms with van der Waals surface area (Å²) in [5.41, 5.74) is 1.94. The van der Waals surface area contributed by atoms with Gasteiger partial charge in [0, 0.05) is 5.56 Å². The second kappa shape index (κ2) is 7.92. The molecule has 0 fully saturated rings. The number of Topliss-reactive ketones (excluding diaryl/α,β-unsaturated/α-hetero) is 1. The number of rotatable bonds is 6. The van der Waals surface area contributed by atoms with Crippen molar-refractivity contribution in [1.82, 2.24) is 0 Å². The molecule has 8 nitrogen and oxygen atoms in total. The number of nitrogens with two attached hydrogens (primary N) is 1. The topological polar surface area (TPSA) is 122 Å². The second-order valence-electron chi connectivity index (χ2n) is 5.67. The molecule has 0 radical (unpaired) electrons. The molecule has 2 N–H and O–H groups in total. The molecule has 2 aromatic rings. The van der Waals surface area contributed by atoms with Gasteiger partial charge in [-0.1, -0.05) is 24.3 Å².